The van der Waals surface area contributed by atoms with E-state index < -0.39 is 12.0 Å². The van der Waals surface area contributed by atoms with E-state index >= 15 is 0 Å². The van der Waals surface area contributed by atoms with Gasteiger partial charge in [-0.15, -0.1) is 0 Å². The third-order valence-electron chi connectivity index (χ3n) is 2.17. The van der Waals surface area contributed by atoms with Crippen LogP contribution >= 0.6 is 0 Å². The molecule has 1 aromatic heterocycles. The lowest BCUT2D eigenvalue weighted by Gasteiger charge is -2.09. The fourth-order valence-electron chi connectivity index (χ4n) is 1.36. The van der Waals surface area contributed by atoms with E-state index in [1.54, 1.807) is 11.5 Å². The summed E-state index contributed by atoms with van der Waals surface area (Å²) in [5.41, 5.74) is 0.855. The number of carboxylic acids is 1. The molecule has 0 unspecified atom stereocenters. The molecule has 1 N–H and O–H groups in total. The highest BCUT2D eigenvalue weighted by atomic mass is 16.5. The lowest BCUT2D eigenvalue weighted by molar-refractivity contribution is -0.140. The average Bonchev–Trinajstić information content (AvgIpc) is 2.61. The van der Waals surface area contributed by atoms with Crippen molar-refractivity contribution in [2.24, 2.45) is 0 Å². The molecule has 2 heterocycles. The number of hydrogen-bond acceptors (Lipinski definition) is 3. The topological polar surface area (TPSA) is 64.3 Å². The number of fused-ring (bicyclic) bond motifs is 1. The summed E-state index contributed by atoms with van der Waals surface area (Å²) in [6.07, 6.45) is 2.29. The molecule has 70 valence electrons. The number of nitrogens with zero attached hydrogens (tertiary/aromatic N) is 2. The zero-order valence-corrected chi connectivity index (χ0v) is 7.23. The molecule has 1 aliphatic rings. The highest BCUT2D eigenvalue weighted by Crippen LogP contribution is 2.26. The molecule has 5 heteroatoms. The second kappa shape index (κ2) is 2.76. The first-order valence-corrected chi connectivity index (χ1v) is 4.11. The van der Waals surface area contributed by atoms with Crippen LogP contribution in [-0.4, -0.2) is 27.2 Å². The molecule has 0 fully saturated rings. The quantitative estimate of drug-likeness (QED) is 0.721. The van der Waals surface area contributed by atoms with Gasteiger partial charge in [-0.3, -0.25) is 4.57 Å². The Labute approximate surface area is 75.0 Å². The number of ether oxygens (including phenoxy) is 1. The second-order valence-corrected chi connectivity index (χ2v) is 3.02. The summed E-state index contributed by atoms with van der Waals surface area (Å²) < 4.78 is 6.82. The Bertz CT molecular complexity index is 345. The van der Waals surface area contributed by atoms with Gasteiger partial charge >= 0.3 is 5.97 Å². The molecule has 0 saturated carbocycles. The molecule has 5 nitrogen and oxygen atoms in total. The number of aliphatic carboxylic acids is 1. The lowest BCUT2D eigenvalue weighted by Crippen LogP contribution is -2.15. The third-order valence-corrected chi connectivity index (χ3v) is 2.17. The SMILES string of the molecule is C[C@@H](C(=O)O)n1cnc2c1OCC2. The van der Waals surface area contributed by atoms with Gasteiger partial charge in [0.05, 0.1) is 12.9 Å². The maximum atomic E-state index is 10.7. The predicted molar refractivity (Wildman–Crippen MR) is 43.8 cm³/mol. The molecule has 0 radical (unpaired) electrons. The van der Waals surface area contributed by atoms with Gasteiger partial charge in [0.1, 0.15) is 11.7 Å². The van der Waals surface area contributed by atoms with Gasteiger partial charge in [-0.25, -0.2) is 9.78 Å². The van der Waals surface area contributed by atoms with Crippen LogP contribution in [-0.2, 0) is 11.2 Å². The van der Waals surface area contributed by atoms with Crippen molar-refractivity contribution in [1.82, 2.24) is 9.55 Å². The normalized spacial score (nSPS) is 16.4. The van der Waals surface area contributed by atoms with E-state index in [9.17, 15) is 4.79 Å². The number of aromatic nitrogens is 2. The first-order valence-electron chi connectivity index (χ1n) is 4.11. The van der Waals surface area contributed by atoms with E-state index in [4.69, 9.17) is 9.84 Å². The Hall–Kier alpha value is -1.52. The smallest absolute Gasteiger partial charge is 0.326 e. The minimum absolute atomic E-state index is 0.602. The van der Waals surface area contributed by atoms with Gasteiger partial charge in [0.2, 0.25) is 5.88 Å². The summed E-state index contributed by atoms with van der Waals surface area (Å²) >= 11 is 0. The van der Waals surface area contributed by atoms with E-state index in [1.807, 2.05) is 0 Å². The zero-order valence-electron chi connectivity index (χ0n) is 7.23. The van der Waals surface area contributed by atoms with Crippen molar-refractivity contribution < 1.29 is 14.6 Å². The highest BCUT2D eigenvalue weighted by Gasteiger charge is 2.24. The van der Waals surface area contributed by atoms with Crippen LogP contribution in [0, 0.1) is 0 Å². The number of rotatable bonds is 2. The van der Waals surface area contributed by atoms with Crippen LogP contribution < -0.4 is 4.74 Å². The fourth-order valence-corrected chi connectivity index (χ4v) is 1.36. The molecule has 0 aliphatic carbocycles. The largest absolute Gasteiger partial charge is 0.480 e. The van der Waals surface area contributed by atoms with E-state index in [1.165, 1.54) is 6.33 Å². The van der Waals surface area contributed by atoms with Crippen molar-refractivity contribution in [1.29, 1.82) is 0 Å². The molecule has 13 heavy (non-hydrogen) atoms. The summed E-state index contributed by atoms with van der Waals surface area (Å²) in [6, 6.07) is -0.616. The third kappa shape index (κ3) is 1.16. The van der Waals surface area contributed by atoms with Crippen molar-refractivity contribution in [2.75, 3.05) is 6.61 Å². The van der Waals surface area contributed by atoms with Crippen LogP contribution in [0.1, 0.15) is 18.7 Å². The Morgan fingerprint density at radius 2 is 2.62 bits per heavy atom. The molecule has 0 bridgehead atoms. The summed E-state index contributed by atoms with van der Waals surface area (Å²) in [5.74, 6) is -0.273. The van der Waals surface area contributed by atoms with Crippen molar-refractivity contribution in [3.8, 4) is 5.88 Å². The number of carbonyl (C=O) groups is 1. The van der Waals surface area contributed by atoms with Crippen LogP contribution in [0.2, 0.25) is 0 Å². The monoisotopic (exact) mass is 182 g/mol. The first kappa shape index (κ1) is 8.10. The van der Waals surface area contributed by atoms with Crippen LogP contribution in [0.15, 0.2) is 6.33 Å². The Morgan fingerprint density at radius 3 is 3.31 bits per heavy atom. The van der Waals surface area contributed by atoms with Crippen LogP contribution in [0.4, 0.5) is 0 Å². The predicted octanol–water partition coefficient (Wildman–Crippen LogP) is 0.464. The molecule has 1 atom stereocenters. The minimum atomic E-state index is -0.879. The summed E-state index contributed by atoms with van der Waals surface area (Å²) in [4.78, 5) is 14.8. The molecule has 0 amide bonds. The molecule has 0 aromatic carbocycles. The van der Waals surface area contributed by atoms with Crippen LogP contribution in [0.5, 0.6) is 5.88 Å². The van der Waals surface area contributed by atoms with Gasteiger partial charge in [0.25, 0.3) is 0 Å². The van der Waals surface area contributed by atoms with Gasteiger partial charge in [0.15, 0.2) is 0 Å². The summed E-state index contributed by atoms with van der Waals surface area (Å²) in [5, 5.41) is 8.78. The lowest BCUT2D eigenvalue weighted by atomic mass is 10.3. The first-order chi connectivity index (χ1) is 6.20. The Balaban J connectivity index is 2.36. The molecule has 0 spiro atoms. The van der Waals surface area contributed by atoms with Crippen molar-refractivity contribution >= 4 is 5.97 Å². The number of carboxylic acid groups (broad SMARTS) is 1. The van der Waals surface area contributed by atoms with Crippen LogP contribution in [0.25, 0.3) is 0 Å². The minimum Gasteiger partial charge on any atom is -0.480 e. The zero-order chi connectivity index (χ0) is 9.42. The molecular weight excluding hydrogens is 172 g/mol. The van der Waals surface area contributed by atoms with Gasteiger partial charge in [-0.05, 0) is 6.92 Å². The number of hydrogen-bond donors (Lipinski definition) is 1. The number of imidazole rings is 1. The van der Waals surface area contributed by atoms with E-state index in [0.29, 0.717) is 12.5 Å². The molecule has 1 aromatic rings. The van der Waals surface area contributed by atoms with Gasteiger partial charge in [-0.2, -0.15) is 0 Å². The standard InChI is InChI=1S/C8H10N2O3/c1-5(8(11)12)10-4-9-6-2-3-13-7(6)10/h4-5H,2-3H2,1H3,(H,11,12)/t5-/m0/s1. The molecule has 0 saturated heterocycles. The maximum Gasteiger partial charge on any atom is 0.326 e. The summed E-state index contributed by atoms with van der Waals surface area (Å²) in [7, 11) is 0. The Kier molecular flexibility index (Phi) is 1.72. The summed E-state index contributed by atoms with van der Waals surface area (Å²) in [6.45, 7) is 2.21. The average molecular weight is 182 g/mol. The van der Waals surface area contributed by atoms with Crippen molar-refractivity contribution in [3.63, 3.8) is 0 Å². The Morgan fingerprint density at radius 1 is 1.85 bits per heavy atom. The van der Waals surface area contributed by atoms with Gasteiger partial charge in [-0.1, -0.05) is 0 Å². The molecule has 2 rings (SSSR count). The maximum absolute atomic E-state index is 10.7. The fraction of sp³-hybridized carbons (Fsp3) is 0.500. The second-order valence-electron chi connectivity index (χ2n) is 3.02. The van der Waals surface area contributed by atoms with Gasteiger partial charge in [0, 0.05) is 6.42 Å². The molecule has 1 aliphatic heterocycles. The van der Waals surface area contributed by atoms with Crippen molar-refractivity contribution in [2.45, 2.75) is 19.4 Å². The van der Waals surface area contributed by atoms with E-state index in [-0.39, 0.29) is 0 Å². The molecular formula is C8H10N2O3. The van der Waals surface area contributed by atoms with E-state index in [2.05, 4.69) is 4.98 Å². The highest BCUT2D eigenvalue weighted by molar-refractivity contribution is 5.71. The van der Waals surface area contributed by atoms with Crippen LogP contribution in [0.3, 0.4) is 0 Å². The van der Waals surface area contributed by atoms with Crippen molar-refractivity contribution in [3.05, 3.63) is 12.0 Å². The van der Waals surface area contributed by atoms with Gasteiger partial charge < -0.3 is 9.84 Å². The van der Waals surface area contributed by atoms with E-state index in [0.717, 1.165) is 12.1 Å².